The van der Waals surface area contributed by atoms with Crippen molar-refractivity contribution < 1.29 is 49.0 Å². The van der Waals surface area contributed by atoms with E-state index in [0.29, 0.717) is 20.1 Å². The molecule has 1 aliphatic rings. The molecule has 7 heteroatoms. The molecular weight excluding hydrogens is 796 g/mol. The molecular formula is C41H40Cl6Zr-2. The first-order valence-corrected chi connectivity index (χ1v) is 18.1. The minimum absolute atomic E-state index is 0. The average molecular weight is 837 g/mol. The maximum atomic E-state index is 6.21. The van der Waals surface area contributed by atoms with Crippen molar-refractivity contribution in [1.29, 1.82) is 0 Å². The molecule has 0 nitrogen and oxygen atoms in total. The van der Waals surface area contributed by atoms with Crippen LogP contribution in [0.4, 0.5) is 0 Å². The second kappa shape index (κ2) is 17.8. The van der Waals surface area contributed by atoms with E-state index < -0.39 is 0 Å². The molecule has 0 saturated carbocycles. The topological polar surface area (TPSA) is 0 Å². The summed E-state index contributed by atoms with van der Waals surface area (Å²) in [6.07, 6.45) is 10.0. The molecule has 0 aromatic heterocycles. The first-order valence-electron chi connectivity index (χ1n) is 15.3. The van der Waals surface area contributed by atoms with E-state index in [4.69, 9.17) is 46.4 Å². The standard InChI is InChI=1S/C21H25.C15H10Cl4.C5H5.2ClH.Zr/c1-20(2,3)16-9-7-14-11-15-8-10-17(21(4,5)6)13-19(15)18(14)12-16;1-8-10(4-12(16)6-14(8)18)3-11-5-13(17)7-15(19)9(11)2;1-2-4-5-3-1;;;/h7-13H,1-6H3;4-7H,1-2H3;1-3H,4H2;2*1H;/q-1;;-1;;;+2/p-2. The van der Waals surface area contributed by atoms with Gasteiger partial charge in [-0.2, -0.15) is 6.08 Å². The molecule has 1 aliphatic carbocycles. The van der Waals surface area contributed by atoms with Crippen LogP contribution in [0.5, 0.6) is 0 Å². The molecule has 48 heavy (non-hydrogen) atoms. The first kappa shape index (κ1) is 42.9. The van der Waals surface area contributed by atoms with E-state index in [1.54, 1.807) is 12.1 Å². The Balaban J connectivity index is 0.000000281. The van der Waals surface area contributed by atoms with Gasteiger partial charge in [0.25, 0.3) is 0 Å². The van der Waals surface area contributed by atoms with Crippen LogP contribution in [0.15, 0.2) is 85.0 Å². The normalized spacial score (nSPS) is 12.1. The van der Waals surface area contributed by atoms with Crippen molar-refractivity contribution in [3.8, 4) is 0 Å². The number of fused-ring (bicyclic) bond motifs is 3. The number of hydrogen-bond acceptors (Lipinski definition) is 0. The third-order valence-electron chi connectivity index (χ3n) is 8.18. The SMILES string of the molecule is CC(C)(C)c1ccc2[cH-]c3ccc(C(C)(C)C)cc3c2c1.Cc1c(Cl)cc(Cl)cc1[C](=[Zr+2])c1cc(Cl)cc(Cl)c1C.[C-]1=CC=CC1.[Cl-].[Cl-]. The van der Waals surface area contributed by atoms with Crippen molar-refractivity contribution >= 4 is 71.2 Å². The summed E-state index contributed by atoms with van der Waals surface area (Å²) in [5.74, 6) is 0. The second-order valence-corrected chi connectivity index (χ2v) is 16.7. The average Bonchev–Trinajstić information content (AvgIpc) is 3.67. The predicted molar refractivity (Wildman–Crippen MR) is 202 cm³/mol. The summed E-state index contributed by atoms with van der Waals surface area (Å²) in [5.41, 5.74) is 7.31. The zero-order chi connectivity index (χ0) is 34.0. The molecule has 0 fully saturated rings. The summed E-state index contributed by atoms with van der Waals surface area (Å²) >= 11 is 25.9. The van der Waals surface area contributed by atoms with Gasteiger partial charge in [0.15, 0.2) is 0 Å². The van der Waals surface area contributed by atoms with Crippen LogP contribution >= 0.6 is 46.4 Å². The molecule has 6 rings (SSSR count). The quantitative estimate of drug-likeness (QED) is 0.161. The molecule has 0 radical (unpaired) electrons. The van der Waals surface area contributed by atoms with Gasteiger partial charge < -0.3 is 24.8 Å². The molecule has 5 aromatic carbocycles. The van der Waals surface area contributed by atoms with E-state index in [1.165, 1.54) is 56.9 Å². The maximum absolute atomic E-state index is 6.21. The summed E-state index contributed by atoms with van der Waals surface area (Å²) in [5, 5.41) is 8.07. The smallest absolute Gasteiger partial charge is 0.109 e. The summed E-state index contributed by atoms with van der Waals surface area (Å²) in [6.45, 7) is 17.6. The first-order chi connectivity index (χ1) is 21.5. The molecule has 0 aliphatic heterocycles. The summed E-state index contributed by atoms with van der Waals surface area (Å²) in [7, 11) is 0. The van der Waals surface area contributed by atoms with Crippen molar-refractivity contribution in [2.24, 2.45) is 0 Å². The molecule has 0 unspecified atom stereocenters. The van der Waals surface area contributed by atoms with Gasteiger partial charge in [-0.3, -0.25) is 6.08 Å². The fraction of sp³-hybridized carbons (Fsp3) is 0.268. The summed E-state index contributed by atoms with van der Waals surface area (Å²) < 4.78 is 1.14. The number of benzene rings is 4. The van der Waals surface area contributed by atoms with Gasteiger partial charge in [-0.05, 0) is 10.8 Å². The van der Waals surface area contributed by atoms with Gasteiger partial charge in [0.1, 0.15) is 0 Å². The van der Waals surface area contributed by atoms with E-state index in [9.17, 15) is 0 Å². The molecule has 0 saturated heterocycles. The molecule has 0 spiro atoms. The van der Waals surface area contributed by atoms with Crippen LogP contribution < -0.4 is 24.8 Å². The Morgan fingerprint density at radius 1 is 0.667 bits per heavy atom. The Morgan fingerprint density at radius 3 is 1.40 bits per heavy atom. The third-order valence-corrected chi connectivity index (χ3v) is 10.7. The number of allylic oxidation sites excluding steroid dienone is 4. The van der Waals surface area contributed by atoms with Crippen LogP contribution in [0.25, 0.3) is 21.5 Å². The number of hydrogen-bond donors (Lipinski definition) is 0. The van der Waals surface area contributed by atoms with E-state index in [0.717, 1.165) is 31.9 Å². The van der Waals surface area contributed by atoms with Crippen molar-refractivity contribution in [2.75, 3.05) is 0 Å². The van der Waals surface area contributed by atoms with Gasteiger partial charge in [-0.15, -0.1) is 46.2 Å². The van der Waals surface area contributed by atoms with Gasteiger partial charge >= 0.3 is 154 Å². The van der Waals surface area contributed by atoms with Crippen LogP contribution in [0, 0.1) is 19.9 Å². The molecule has 5 aromatic rings. The minimum atomic E-state index is 0. The van der Waals surface area contributed by atoms with Crippen LogP contribution in [0.1, 0.15) is 81.3 Å². The monoisotopic (exact) mass is 832 g/mol. The van der Waals surface area contributed by atoms with Crippen LogP contribution in [-0.4, -0.2) is 3.21 Å². The Bertz CT molecular complexity index is 1830. The molecule has 0 N–H and O–H groups in total. The van der Waals surface area contributed by atoms with Crippen molar-refractivity contribution in [3.63, 3.8) is 0 Å². The Morgan fingerprint density at radius 2 is 1.08 bits per heavy atom. The molecule has 0 bridgehead atoms. The van der Waals surface area contributed by atoms with E-state index in [-0.39, 0.29) is 35.6 Å². The van der Waals surface area contributed by atoms with Crippen LogP contribution in [0.2, 0.25) is 20.1 Å². The van der Waals surface area contributed by atoms with Crippen molar-refractivity contribution in [1.82, 2.24) is 0 Å². The van der Waals surface area contributed by atoms with E-state index >= 15 is 0 Å². The maximum Gasteiger partial charge on any atom is -0.109 e. The largest absolute Gasteiger partial charge is 1.00 e. The molecule has 252 valence electrons. The van der Waals surface area contributed by atoms with Gasteiger partial charge in [0.2, 0.25) is 0 Å². The minimum Gasteiger partial charge on any atom is -1.00 e. The van der Waals surface area contributed by atoms with Gasteiger partial charge in [-0.1, -0.05) is 76.9 Å². The van der Waals surface area contributed by atoms with Crippen molar-refractivity contribution in [2.45, 2.75) is 72.6 Å². The summed E-state index contributed by atoms with van der Waals surface area (Å²) in [6, 6.07) is 23.5. The Labute approximate surface area is 334 Å². The fourth-order valence-corrected chi connectivity index (χ4v) is 7.49. The zero-order valence-corrected chi connectivity index (χ0v) is 35.6. The predicted octanol–water partition coefficient (Wildman–Crippen LogP) is 7.65. The molecule has 0 atom stereocenters. The van der Waals surface area contributed by atoms with Crippen LogP contribution in [-0.2, 0) is 35.1 Å². The van der Waals surface area contributed by atoms with Crippen LogP contribution in [0.3, 0.4) is 0 Å². The Hall–Kier alpha value is -1.28. The summed E-state index contributed by atoms with van der Waals surface area (Å²) in [4.78, 5) is 0. The second-order valence-electron chi connectivity index (χ2n) is 13.7. The molecule has 0 amide bonds. The third kappa shape index (κ3) is 10.6. The van der Waals surface area contributed by atoms with Gasteiger partial charge in [0.05, 0.1) is 0 Å². The fourth-order valence-electron chi connectivity index (χ4n) is 5.23. The number of halogens is 6. The zero-order valence-electron chi connectivity index (χ0n) is 28.6. The molecule has 0 heterocycles. The van der Waals surface area contributed by atoms with Gasteiger partial charge in [0, 0.05) is 0 Å². The Kier molecular flexibility index (Phi) is 15.9. The van der Waals surface area contributed by atoms with E-state index in [2.05, 4.69) is 96.2 Å². The van der Waals surface area contributed by atoms with Crippen molar-refractivity contribution in [3.05, 3.63) is 145 Å². The van der Waals surface area contributed by atoms with Gasteiger partial charge in [-0.25, -0.2) is 12.2 Å². The number of rotatable bonds is 2. The van der Waals surface area contributed by atoms with E-state index in [1.807, 2.05) is 38.1 Å².